The lowest BCUT2D eigenvalue weighted by atomic mass is 10.2. The van der Waals surface area contributed by atoms with Crippen molar-refractivity contribution in [1.29, 1.82) is 0 Å². The standard InChI is InChI=1S/C18H16Cl2FNO4S/c19-15-4-3-5-17(21)14(15)11-26-18(23)13-10-12(6-7-16(13)20)27(24,25)22-8-1-2-9-22/h3-7,10H,1-2,8-9,11H2. The fraction of sp³-hybridized carbons (Fsp3) is 0.278. The van der Waals surface area contributed by atoms with Gasteiger partial charge in [0, 0.05) is 18.7 Å². The molecule has 5 nitrogen and oxygen atoms in total. The fourth-order valence-electron chi connectivity index (χ4n) is 2.78. The zero-order valence-corrected chi connectivity index (χ0v) is 16.5. The van der Waals surface area contributed by atoms with Gasteiger partial charge in [0.05, 0.1) is 20.5 Å². The minimum absolute atomic E-state index is 0.0319. The number of ether oxygens (including phenoxy) is 1. The zero-order chi connectivity index (χ0) is 19.6. The molecule has 2 aromatic rings. The van der Waals surface area contributed by atoms with Crippen LogP contribution in [0.3, 0.4) is 0 Å². The third kappa shape index (κ3) is 4.27. The summed E-state index contributed by atoms with van der Waals surface area (Å²) in [6, 6.07) is 7.97. The highest BCUT2D eigenvalue weighted by molar-refractivity contribution is 7.89. The molecule has 1 aliphatic rings. The predicted molar refractivity (Wildman–Crippen MR) is 100.0 cm³/mol. The van der Waals surface area contributed by atoms with Crippen molar-refractivity contribution in [2.75, 3.05) is 13.1 Å². The predicted octanol–water partition coefficient (Wildman–Crippen LogP) is 4.27. The number of hydrogen-bond donors (Lipinski definition) is 0. The summed E-state index contributed by atoms with van der Waals surface area (Å²) in [7, 11) is -3.71. The average Bonchev–Trinajstić information content (AvgIpc) is 3.17. The molecule has 0 aliphatic carbocycles. The van der Waals surface area contributed by atoms with Gasteiger partial charge in [0.2, 0.25) is 10.0 Å². The van der Waals surface area contributed by atoms with Gasteiger partial charge in [-0.3, -0.25) is 0 Å². The molecule has 0 atom stereocenters. The van der Waals surface area contributed by atoms with Gasteiger partial charge >= 0.3 is 5.97 Å². The molecule has 0 radical (unpaired) electrons. The number of carbonyl (C=O) groups is 1. The Morgan fingerprint density at radius 2 is 1.81 bits per heavy atom. The van der Waals surface area contributed by atoms with Gasteiger partial charge in [-0.15, -0.1) is 0 Å². The highest BCUT2D eigenvalue weighted by Gasteiger charge is 2.28. The first kappa shape index (κ1) is 20.1. The molecular formula is C18H16Cl2FNO4S. The van der Waals surface area contributed by atoms with Crippen LogP contribution in [-0.4, -0.2) is 31.8 Å². The minimum atomic E-state index is -3.71. The van der Waals surface area contributed by atoms with Crippen LogP contribution in [0.1, 0.15) is 28.8 Å². The Hall–Kier alpha value is -1.67. The molecule has 1 saturated heterocycles. The topological polar surface area (TPSA) is 63.7 Å². The Morgan fingerprint density at radius 3 is 2.48 bits per heavy atom. The van der Waals surface area contributed by atoms with Crippen molar-refractivity contribution in [1.82, 2.24) is 4.31 Å². The van der Waals surface area contributed by atoms with Gasteiger partial charge in [-0.1, -0.05) is 29.3 Å². The van der Waals surface area contributed by atoms with Crippen LogP contribution >= 0.6 is 23.2 Å². The highest BCUT2D eigenvalue weighted by atomic mass is 35.5. The van der Waals surface area contributed by atoms with E-state index in [0.29, 0.717) is 13.1 Å². The number of rotatable bonds is 5. The van der Waals surface area contributed by atoms with Gasteiger partial charge in [0.1, 0.15) is 12.4 Å². The SMILES string of the molecule is O=C(OCc1c(F)cccc1Cl)c1cc(S(=O)(=O)N2CCCC2)ccc1Cl. The van der Waals surface area contributed by atoms with Crippen LogP contribution in [-0.2, 0) is 21.4 Å². The summed E-state index contributed by atoms with van der Waals surface area (Å²) < 4.78 is 45.6. The van der Waals surface area contributed by atoms with E-state index in [4.69, 9.17) is 27.9 Å². The normalized spacial score (nSPS) is 15.1. The lowest BCUT2D eigenvalue weighted by Gasteiger charge is -2.16. The molecule has 1 fully saturated rings. The van der Waals surface area contributed by atoms with E-state index < -0.39 is 28.4 Å². The maximum atomic E-state index is 13.8. The van der Waals surface area contributed by atoms with E-state index in [2.05, 4.69) is 0 Å². The Bertz CT molecular complexity index is 955. The van der Waals surface area contributed by atoms with Crippen molar-refractivity contribution >= 4 is 39.2 Å². The third-order valence-electron chi connectivity index (χ3n) is 4.27. The number of carbonyl (C=O) groups excluding carboxylic acids is 1. The lowest BCUT2D eigenvalue weighted by Crippen LogP contribution is -2.28. The minimum Gasteiger partial charge on any atom is -0.457 e. The van der Waals surface area contributed by atoms with Gasteiger partial charge < -0.3 is 4.74 Å². The van der Waals surface area contributed by atoms with Gasteiger partial charge in [0.25, 0.3) is 0 Å². The molecule has 0 N–H and O–H groups in total. The first-order valence-corrected chi connectivity index (χ1v) is 10.4. The van der Waals surface area contributed by atoms with Crippen molar-refractivity contribution in [3.05, 3.63) is 63.4 Å². The molecule has 144 valence electrons. The summed E-state index contributed by atoms with van der Waals surface area (Å²) in [6.45, 7) is 0.483. The molecule has 0 spiro atoms. The molecule has 0 aromatic heterocycles. The molecule has 3 rings (SSSR count). The van der Waals surface area contributed by atoms with Gasteiger partial charge in [-0.2, -0.15) is 4.31 Å². The van der Waals surface area contributed by atoms with E-state index in [-0.39, 0.29) is 26.1 Å². The summed E-state index contributed by atoms with van der Waals surface area (Å²) in [4.78, 5) is 12.3. The first-order chi connectivity index (χ1) is 12.8. The molecule has 0 bridgehead atoms. The second kappa shape index (κ2) is 8.14. The first-order valence-electron chi connectivity index (χ1n) is 8.20. The monoisotopic (exact) mass is 431 g/mol. The van der Waals surface area contributed by atoms with E-state index in [9.17, 15) is 17.6 Å². The maximum absolute atomic E-state index is 13.8. The number of esters is 1. The molecule has 0 amide bonds. The summed E-state index contributed by atoms with van der Waals surface area (Å²) >= 11 is 11.9. The smallest absolute Gasteiger partial charge is 0.340 e. The van der Waals surface area contributed by atoms with Crippen LogP contribution in [0.5, 0.6) is 0 Å². The van der Waals surface area contributed by atoms with Crippen molar-refractivity contribution in [2.45, 2.75) is 24.3 Å². The number of hydrogen-bond acceptors (Lipinski definition) is 4. The van der Waals surface area contributed by atoms with Crippen LogP contribution in [0.4, 0.5) is 4.39 Å². The van der Waals surface area contributed by atoms with Crippen LogP contribution < -0.4 is 0 Å². The number of halogens is 3. The van der Waals surface area contributed by atoms with E-state index in [1.807, 2.05) is 0 Å². The fourth-order valence-corrected chi connectivity index (χ4v) is 4.74. The van der Waals surface area contributed by atoms with Crippen molar-refractivity contribution in [3.8, 4) is 0 Å². The van der Waals surface area contributed by atoms with E-state index in [1.165, 1.54) is 40.7 Å². The van der Waals surface area contributed by atoms with Crippen molar-refractivity contribution < 1.29 is 22.3 Å². The van der Waals surface area contributed by atoms with Gasteiger partial charge in [-0.05, 0) is 43.2 Å². The number of nitrogens with zero attached hydrogens (tertiary/aromatic N) is 1. The molecule has 27 heavy (non-hydrogen) atoms. The lowest BCUT2D eigenvalue weighted by molar-refractivity contribution is 0.0469. The highest BCUT2D eigenvalue weighted by Crippen LogP contribution is 2.26. The van der Waals surface area contributed by atoms with Crippen molar-refractivity contribution in [3.63, 3.8) is 0 Å². The van der Waals surface area contributed by atoms with E-state index in [0.717, 1.165) is 12.8 Å². The van der Waals surface area contributed by atoms with Crippen LogP contribution in [0.2, 0.25) is 10.0 Å². The summed E-state index contributed by atoms with van der Waals surface area (Å²) in [5, 5.41) is 0.166. The van der Waals surface area contributed by atoms with Gasteiger partial charge in [0.15, 0.2) is 0 Å². The quantitative estimate of drug-likeness (QED) is 0.662. The molecule has 2 aromatic carbocycles. The molecule has 1 heterocycles. The molecule has 9 heteroatoms. The largest absolute Gasteiger partial charge is 0.457 e. The molecular weight excluding hydrogens is 416 g/mol. The second-order valence-electron chi connectivity index (χ2n) is 6.03. The summed E-state index contributed by atoms with van der Waals surface area (Å²) in [5.41, 5.74) is -0.0751. The average molecular weight is 432 g/mol. The second-order valence-corrected chi connectivity index (χ2v) is 8.78. The Balaban J connectivity index is 1.82. The number of sulfonamides is 1. The maximum Gasteiger partial charge on any atom is 0.340 e. The Kier molecular flexibility index (Phi) is 6.05. The molecule has 1 aliphatic heterocycles. The Labute approximate surface area is 166 Å². The summed E-state index contributed by atoms with van der Waals surface area (Å²) in [5.74, 6) is -1.47. The van der Waals surface area contributed by atoms with Crippen molar-refractivity contribution in [2.24, 2.45) is 0 Å². The van der Waals surface area contributed by atoms with Crippen LogP contribution in [0.15, 0.2) is 41.3 Å². The van der Waals surface area contributed by atoms with Crippen LogP contribution in [0.25, 0.3) is 0 Å². The Morgan fingerprint density at radius 1 is 1.11 bits per heavy atom. The summed E-state index contributed by atoms with van der Waals surface area (Å²) in [6.07, 6.45) is 1.59. The van der Waals surface area contributed by atoms with E-state index in [1.54, 1.807) is 0 Å². The third-order valence-corrected chi connectivity index (χ3v) is 6.85. The number of benzene rings is 2. The van der Waals surface area contributed by atoms with E-state index >= 15 is 0 Å². The zero-order valence-electron chi connectivity index (χ0n) is 14.1. The van der Waals surface area contributed by atoms with Gasteiger partial charge in [-0.25, -0.2) is 17.6 Å². The molecule has 0 unspecified atom stereocenters. The van der Waals surface area contributed by atoms with Crippen LogP contribution in [0, 0.1) is 5.82 Å². The molecule has 0 saturated carbocycles.